The van der Waals surface area contributed by atoms with E-state index in [1.165, 1.54) is 11.0 Å². The van der Waals surface area contributed by atoms with Crippen molar-refractivity contribution in [1.29, 1.82) is 0 Å². The molecular formula is C12H15NO3S. The highest BCUT2D eigenvalue weighted by molar-refractivity contribution is 7.10. The minimum atomic E-state index is -0.890. The number of nitrogens with zero attached hydrogens (tertiary/aromatic N) is 1. The summed E-state index contributed by atoms with van der Waals surface area (Å²) >= 11 is 1.55. The average Bonchev–Trinajstić information content (AvgIpc) is 2.79. The summed E-state index contributed by atoms with van der Waals surface area (Å²) in [6, 6.07) is 3.83. The highest BCUT2D eigenvalue weighted by atomic mass is 32.1. The topological polar surface area (TPSA) is 57.6 Å². The van der Waals surface area contributed by atoms with Gasteiger partial charge in [-0.15, -0.1) is 11.3 Å². The fourth-order valence-electron chi connectivity index (χ4n) is 1.30. The second kappa shape index (κ2) is 6.85. The van der Waals surface area contributed by atoms with Crippen molar-refractivity contribution in [2.45, 2.75) is 13.3 Å². The SMILES string of the molecule is CCN(CCC(=O)O)C(=O)/C=C/c1cccs1. The minimum absolute atomic E-state index is 0.0214. The molecule has 1 heterocycles. The first-order valence-corrected chi connectivity index (χ1v) is 6.23. The Morgan fingerprint density at radius 3 is 2.82 bits per heavy atom. The van der Waals surface area contributed by atoms with Crippen molar-refractivity contribution < 1.29 is 14.7 Å². The molecular weight excluding hydrogens is 238 g/mol. The Morgan fingerprint density at radius 1 is 1.53 bits per heavy atom. The molecule has 0 fully saturated rings. The largest absolute Gasteiger partial charge is 0.481 e. The summed E-state index contributed by atoms with van der Waals surface area (Å²) in [4.78, 5) is 24.7. The molecule has 0 aliphatic rings. The minimum Gasteiger partial charge on any atom is -0.481 e. The summed E-state index contributed by atoms with van der Waals surface area (Å²) in [7, 11) is 0. The van der Waals surface area contributed by atoms with E-state index in [2.05, 4.69) is 0 Å². The van der Waals surface area contributed by atoms with E-state index in [1.807, 2.05) is 24.4 Å². The van der Waals surface area contributed by atoms with E-state index in [9.17, 15) is 9.59 Å². The van der Waals surface area contributed by atoms with Gasteiger partial charge >= 0.3 is 5.97 Å². The fraction of sp³-hybridized carbons (Fsp3) is 0.333. The second-order valence-corrected chi connectivity index (χ2v) is 4.39. The van der Waals surface area contributed by atoms with E-state index in [4.69, 9.17) is 5.11 Å². The second-order valence-electron chi connectivity index (χ2n) is 3.41. The third-order valence-electron chi connectivity index (χ3n) is 2.22. The number of hydrogen-bond acceptors (Lipinski definition) is 3. The molecule has 1 N–H and O–H groups in total. The monoisotopic (exact) mass is 253 g/mol. The van der Waals surface area contributed by atoms with Crippen LogP contribution in [0.2, 0.25) is 0 Å². The Bertz CT molecular complexity index is 398. The number of hydrogen-bond donors (Lipinski definition) is 1. The maximum absolute atomic E-state index is 11.7. The van der Waals surface area contributed by atoms with E-state index < -0.39 is 5.97 Å². The van der Waals surface area contributed by atoms with Crippen molar-refractivity contribution in [3.8, 4) is 0 Å². The van der Waals surface area contributed by atoms with Crippen LogP contribution in [0.25, 0.3) is 6.08 Å². The summed E-state index contributed by atoms with van der Waals surface area (Å²) in [5.41, 5.74) is 0. The summed E-state index contributed by atoms with van der Waals surface area (Å²) < 4.78 is 0. The molecule has 0 bridgehead atoms. The number of aliphatic carboxylic acids is 1. The predicted molar refractivity (Wildman–Crippen MR) is 67.9 cm³/mol. The molecule has 0 saturated carbocycles. The van der Waals surface area contributed by atoms with Gasteiger partial charge < -0.3 is 10.0 Å². The predicted octanol–water partition coefficient (Wildman–Crippen LogP) is 2.08. The number of carboxylic acid groups (broad SMARTS) is 1. The molecule has 17 heavy (non-hydrogen) atoms. The number of amides is 1. The van der Waals surface area contributed by atoms with Gasteiger partial charge in [0, 0.05) is 24.0 Å². The van der Waals surface area contributed by atoms with Crippen LogP contribution < -0.4 is 0 Å². The van der Waals surface area contributed by atoms with Crippen LogP contribution in [0.4, 0.5) is 0 Å². The van der Waals surface area contributed by atoms with Crippen molar-refractivity contribution in [2.75, 3.05) is 13.1 Å². The number of thiophene rings is 1. The van der Waals surface area contributed by atoms with Crippen molar-refractivity contribution >= 4 is 29.3 Å². The molecule has 0 unspecified atom stereocenters. The third-order valence-corrected chi connectivity index (χ3v) is 3.06. The quantitative estimate of drug-likeness (QED) is 0.790. The van der Waals surface area contributed by atoms with E-state index in [0.717, 1.165) is 4.88 Å². The molecule has 0 atom stereocenters. The molecule has 0 spiro atoms. The van der Waals surface area contributed by atoms with Gasteiger partial charge in [-0.3, -0.25) is 9.59 Å². The van der Waals surface area contributed by atoms with Crippen molar-refractivity contribution in [2.24, 2.45) is 0 Å². The first kappa shape index (κ1) is 13.4. The van der Waals surface area contributed by atoms with Crippen LogP contribution >= 0.6 is 11.3 Å². The van der Waals surface area contributed by atoms with Gasteiger partial charge in [0.1, 0.15) is 0 Å². The lowest BCUT2D eigenvalue weighted by Crippen LogP contribution is -2.31. The van der Waals surface area contributed by atoms with Crippen molar-refractivity contribution in [1.82, 2.24) is 4.90 Å². The molecule has 4 nitrogen and oxygen atoms in total. The molecule has 0 saturated heterocycles. The standard InChI is InChI=1S/C12H15NO3S/c1-2-13(8-7-12(15)16)11(14)6-5-10-4-3-9-17-10/h3-6,9H,2,7-8H2,1H3,(H,15,16)/b6-5+. The van der Waals surface area contributed by atoms with Crippen LogP contribution in [0.1, 0.15) is 18.2 Å². The number of carbonyl (C=O) groups excluding carboxylic acids is 1. The van der Waals surface area contributed by atoms with E-state index in [0.29, 0.717) is 6.54 Å². The van der Waals surface area contributed by atoms with Gasteiger partial charge in [0.25, 0.3) is 0 Å². The number of carbonyl (C=O) groups is 2. The Morgan fingerprint density at radius 2 is 2.29 bits per heavy atom. The number of likely N-dealkylation sites (N-methyl/N-ethyl adjacent to an activating group) is 1. The van der Waals surface area contributed by atoms with Crippen LogP contribution in [-0.4, -0.2) is 35.0 Å². The van der Waals surface area contributed by atoms with E-state index in [-0.39, 0.29) is 18.9 Å². The van der Waals surface area contributed by atoms with Crippen LogP contribution in [0.15, 0.2) is 23.6 Å². The Labute approximate surface area is 104 Å². The van der Waals surface area contributed by atoms with Crippen LogP contribution in [0.3, 0.4) is 0 Å². The van der Waals surface area contributed by atoms with E-state index in [1.54, 1.807) is 17.4 Å². The van der Waals surface area contributed by atoms with Gasteiger partial charge in [0.15, 0.2) is 0 Å². The van der Waals surface area contributed by atoms with Gasteiger partial charge in [0.05, 0.1) is 6.42 Å². The van der Waals surface area contributed by atoms with Crippen molar-refractivity contribution in [3.63, 3.8) is 0 Å². The number of carboxylic acids is 1. The van der Waals surface area contributed by atoms with Crippen molar-refractivity contribution in [3.05, 3.63) is 28.5 Å². The van der Waals surface area contributed by atoms with Gasteiger partial charge in [-0.05, 0) is 24.4 Å². The maximum Gasteiger partial charge on any atom is 0.305 e. The Balaban J connectivity index is 2.51. The van der Waals surface area contributed by atoms with Gasteiger partial charge in [-0.2, -0.15) is 0 Å². The lowest BCUT2D eigenvalue weighted by molar-refractivity contribution is -0.137. The fourth-order valence-corrected chi connectivity index (χ4v) is 1.92. The highest BCUT2D eigenvalue weighted by Crippen LogP contribution is 2.10. The molecule has 5 heteroatoms. The Hall–Kier alpha value is -1.62. The summed E-state index contributed by atoms with van der Waals surface area (Å²) in [5.74, 6) is -1.04. The van der Waals surface area contributed by atoms with Crippen LogP contribution in [0.5, 0.6) is 0 Å². The zero-order valence-electron chi connectivity index (χ0n) is 9.63. The Kier molecular flexibility index (Phi) is 5.42. The molecule has 0 radical (unpaired) electrons. The van der Waals surface area contributed by atoms with Gasteiger partial charge in [0.2, 0.25) is 5.91 Å². The molecule has 0 aliphatic heterocycles. The molecule has 0 aromatic carbocycles. The molecule has 1 aromatic rings. The van der Waals surface area contributed by atoms with Crippen LogP contribution in [0, 0.1) is 0 Å². The average molecular weight is 253 g/mol. The molecule has 0 aliphatic carbocycles. The zero-order chi connectivity index (χ0) is 12.7. The lowest BCUT2D eigenvalue weighted by Gasteiger charge is -2.17. The summed E-state index contributed by atoms with van der Waals surface area (Å²) in [6.45, 7) is 2.60. The first-order chi connectivity index (χ1) is 8.13. The maximum atomic E-state index is 11.7. The molecule has 1 rings (SSSR count). The molecule has 1 aromatic heterocycles. The highest BCUT2D eigenvalue weighted by Gasteiger charge is 2.09. The lowest BCUT2D eigenvalue weighted by atomic mass is 10.3. The number of rotatable bonds is 6. The van der Waals surface area contributed by atoms with E-state index >= 15 is 0 Å². The normalized spacial score (nSPS) is 10.6. The smallest absolute Gasteiger partial charge is 0.305 e. The van der Waals surface area contributed by atoms with Gasteiger partial charge in [-0.25, -0.2) is 0 Å². The third kappa shape index (κ3) is 4.82. The first-order valence-electron chi connectivity index (χ1n) is 5.35. The molecule has 92 valence electrons. The van der Waals surface area contributed by atoms with Crippen LogP contribution in [-0.2, 0) is 9.59 Å². The van der Waals surface area contributed by atoms with Gasteiger partial charge in [-0.1, -0.05) is 6.07 Å². The summed E-state index contributed by atoms with van der Waals surface area (Å²) in [5, 5.41) is 10.5. The summed E-state index contributed by atoms with van der Waals surface area (Å²) in [6.07, 6.45) is 3.21. The zero-order valence-corrected chi connectivity index (χ0v) is 10.4. The molecule has 1 amide bonds.